The molecule has 1 aromatic rings. The Hall–Kier alpha value is -1.00. The molecule has 1 aliphatic rings. The maximum Gasteiger partial charge on any atom is 0.252 e. The molecule has 21 heavy (non-hydrogen) atoms. The smallest absolute Gasteiger partial charge is 0.252 e. The Bertz CT molecular complexity index is 467. The molecule has 1 heterocycles. The van der Waals surface area contributed by atoms with Crippen molar-refractivity contribution in [3.05, 3.63) is 35.9 Å². The molecule has 2 N–H and O–H groups in total. The summed E-state index contributed by atoms with van der Waals surface area (Å²) in [7, 11) is 0. The van der Waals surface area contributed by atoms with E-state index < -0.39 is 5.60 Å². The molecule has 1 fully saturated rings. The molecule has 0 radical (unpaired) electrons. The highest BCUT2D eigenvalue weighted by Crippen LogP contribution is 2.27. The molecule has 2 rings (SSSR count). The maximum absolute atomic E-state index is 12.2. The first-order valence-corrected chi connectivity index (χ1v) is 8.69. The quantitative estimate of drug-likeness (QED) is 0.879. The normalized spacial score (nSPS) is 18.2. The fourth-order valence-electron chi connectivity index (χ4n) is 2.63. The van der Waals surface area contributed by atoms with Gasteiger partial charge in [-0.05, 0) is 41.7 Å². The number of carbonyl (C=O) groups is 1. The zero-order valence-electron chi connectivity index (χ0n) is 12.9. The summed E-state index contributed by atoms with van der Waals surface area (Å²) < 4.78 is 0. The van der Waals surface area contributed by atoms with Gasteiger partial charge in [0.05, 0.1) is 0 Å². The minimum Gasteiger partial charge on any atom is -0.380 e. The van der Waals surface area contributed by atoms with Crippen molar-refractivity contribution in [3.63, 3.8) is 0 Å². The first-order valence-electron chi connectivity index (χ1n) is 7.54. The van der Waals surface area contributed by atoms with E-state index in [9.17, 15) is 9.90 Å². The van der Waals surface area contributed by atoms with Crippen molar-refractivity contribution in [3.8, 4) is 0 Å². The van der Waals surface area contributed by atoms with Crippen LogP contribution in [0.4, 0.5) is 0 Å². The SMILES string of the molecule is CC(C)(CNC(=O)C1(O)CCSCC1)Cc1ccccc1. The molecule has 1 aliphatic heterocycles. The van der Waals surface area contributed by atoms with Crippen LogP contribution in [0.2, 0.25) is 0 Å². The summed E-state index contributed by atoms with van der Waals surface area (Å²) in [4.78, 5) is 12.2. The highest BCUT2D eigenvalue weighted by Gasteiger charge is 2.37. The van der Waals surface area contributed by atoms with Crippen LogP contribution in [-0.2, 0) is 11.2 Å². The lowest BCUT2D eigenvalue weighted by atomic mass is 9.85. The van der Waals surface area contributed by atoms with Gasteiger partial charge in [-0.15, -0.1) is 0 Å². The van der Waals surface area contributed by atoms with E-state index >= 15 is 0 Å². The molecule has 1 amide bonds. The van der Waals surface area contributed by atoms with Gasteiger partial charge in [0.2, 0.25) is 0 Å². The summed E-state index contributed by atoms with van der Waals surface area (Å²) in [6.07, 6.45) is 2.02. The van der Waals surface area contributed by atoms with E-state index in [0.717, 1.165) is 17.9 Å². The highest BCUT2D eigenvalue weighted by atomic mass is 32.2. The van der Waals surface area contributed by atoms with Gasteiger partial charge in [-0.3, -0.25) is 4.79 Å². The Morgan fingerprint density at radius 3 is 2.52 bits per heavy atom. The van der Waals surface area contributed by atoms with Crippen molar-refractivity contribution in [2.24, 2.45) is 5.41 Å². The molecule has 0 saturated carbocycles. The number of nitrogens with one attached hydrogen (secondary N) is 1. The topological polar surface area (TPSA) is 49.3 Å². The summed E-state index contributed by atoms with van der Waals surface area (Å²) in [6, 6.07) is 10.3. The molecule has 0 bridgehead atoms. The lowest BCUT2D eigenvalue weighted by Gasteiger charge is -2.32. The van der Waals surface area contributed by atoms with E-state index in [1.807, 2.05) is 18.2 Å². The molecule has 1 aromatic carbocycles. The largest absolute Gasteiger partial charge is 0.380 e. The number of aliphatic hydroxyl groups is 1. The molecule has 0 aromatic heterocycles. The van der Waals surface area contributed by atoms with Gasteiger partial charge in [0.25, 0.3) is 5.91 Å². The van der Waals surface area contributed by atoms with Crippen LogP contribution in [-0.4, -0.2) is 34.7 Å². The van der Waals surface area contributed by atoms with Gasteiger partial charge in [-0.2, -0.15) is 11.8 Å². The van der Waals surface area contributed by atoms with Crippen LogP contribution in [0.3, 0.4) is 0 Å². The van der Waals surface area contributed by atoms with E-state index in [4.69, 9.17) is 0 Å². The number of benzene rings is 1. The summed E-state index contributed by atoms with van der Waals surface area (Å²) >= 11 is 1.80. The van der Waals surface area contributed by atoms with Crippen LogP contribution in [0.5, 0.6) is 0 Å². The van der Waals surface area contributed by atoms with E-state index in [1.54, 1.807) is 11.8 Å². The third-order valence-corrected chi connectivity index (χ3v) is 4.98. The van der Waals surface area contributed by atoms with Gasteiger partial charge in [-0.25, -0.2) is 0 Å². The number of hydrogen-bond acceptors (Lipinski definition) is 3. The molecule has 0 spiro atoms. The van der Waals surface area contributed by atoms with Gasteiger partial charge < -0.3 is 10.4 Å². The van der Waals surface area contributed by atoms with Gasteiger partial charge in [0.15, 0.2) is 0 Å². The average Bonchev–Trinajstić information content (AvgIpc) is 2.46. The van der Waals surface area contributed by atoms with Crippen LogP contribution >= 0.6 is 11.8 Å². The minimum atomic E-state index is -1.16. The van der Waals surface area contributed by atoms with Crippen LogP contribution in [0.1, 0.15) is 32.3 Å². The van der Waals surface area contributed by atoms with Crippen molar-refractivity contribution >= 4 is 17.7 Å². The van der Waals surface area contributed by atoms with Crippen LogP contribution in [0.15, 0.2) is 30.3 Å². The fraction of sp³-hybridized carbons (Fsp3) is 0.588. The molecule has 116 valence electrons. The minimum absolute atomic E-state index is 0.0310. The number of hydrogen-bond donors (Lipinski definition) is 2. The van der Waals surface area contributed by atoms with E-state index in [2.05, 4.69) is 31.3 Å². The Kier molecular flexibility index (Phi) is 5.33. The van der Waals surface area contributed by atoms with Gasteiger partial charge in [0, 0.05) is 6.54 Å². The predicted molar refractivity (Wildman–Crippen MR) is 88.4 cm³/mol. The number of rotatable bonds is 5. The number of carbonyl (C=O) groups excluding carboxylic acids is 1. The number of thioether (sulfide) groups is 1. The van der Waals surface area contributed by atoms with Crippen LogP contribution in [0.25, 0.3) is 0 Å². The Labute approximate surface area is 131 Å². The monoisotopic (exact) mass is 307 g/mol. The van der Waals surface area contributed by atoms with Crippen molar-refractivity contribution < 1.29 is 9.90 Å². The lowest BCUT2D eigenvalue weighted by Crippen LogP contribution is -2.51. The summed E-state index contributed by atoms with van der Waals surface area (Å²) in [5.74, 6) is 1.51. The summed E-state index contributed by atoms with van der Waals surface area (Å²) in [5.41, 5.74) is 0.0785. The van der Waals surface area contributed by atoms with Crippen molar-refractivity contribution in [1.29, 1.82) is 0 Å². The molecule has 0 unspecified atom stereocenters. The molecule has 0 aliphatic carbocycles. The van der Waals surface area contributed by atoms with Gasteiger partial charge in [-0.1, -0.05) is 44.2 Å². The van der Waals surface area contributed by atoms with Gasteiger partial charge >= 0.3 is 0 Å². The van der Waals surface area contributed by atoms with Crippen molar-refractivity contribution in [2.45, 2.75) is 38.7 Å². The highest BCUT2D eigenvalue weighted by molar-refractivity contribution is 7.99. The summed E-state index contributed by atoms with van der Waals surface area (Å²) in [6.45, 7) is 4.86. The standard InChI is InChI=1S/C17H25NO2S/c1-16(2,12-14-6-4-3-5-7-14)13-18-15(19)17(20)8-10-21-11-9-17/h3-7,20H,8-13H2,1-2H3,(H,18,19). The van der Waals surface area contributed by atoms with E-state index in [-0.39, 0.29) is 11.3 Å². The van der Waals surface area contributed by atoms with Crippen molar-refractivity contribution in [2.75, 3.05) is 18.1 Å². The molecule has 0 atom stereocenters. The van der Waals surface area contributed by atoms with Gasteiger partial charge in [0.1, 0.15) is 5.60 Å². The van der Waals surface area contributed by atoms with Crippen LogP contribution < -0.4 is 5.32 Å². The first kappa shape index (κ1) is 16.4. The zero-order chi connectivity index (χ0) is 15.3. The average molecular weight is 307 g/mol. The summed E-state index contributed by atoms with van der Waals surface area (Å²) in [5, 5.41) is 13.4. The molecule has 1 saturated heterocycles. The second-order valence-electron chi connectivity index (χ2n) is 6.65. The molecular weight excluding hydrogens is 282 g/mol. The Balaban J connectivity index is 1.87. The lowest BCUT2D eigenvalue weighted by molar-refractivity contribution is -0.141. The third-order valence-electron chi connectivity index (χ3n) is 4.00. The fourth-order valence-corrected chi connectivity index (χ4v) is 3.80. The molecule has 4 heteroatoms. The van der Waals surface area contributed by atoms with E-state index in [1.165, 1.54) is 5.56 Å². The number of amides is 1. The van der Waals surface area contributed by atoms with Crippen LogP contribution in [0, 0.1) is 5.41 Å². The molecule has 3 nitrogen and oxygen atoms in total. The maximum atomic E-state index is 12.2. The third kappa shape index (κ3) is 4.75. The molecular formula is C17H25NO2S. The Morgan fingerprint density at radius 1 is 1.29 bits per heavy atom. The zero-order valence-corrected chi connectivity index (χ0v) is 13.7. The first-order chi connectivity index (χ1) is 9.91. The van der Waals surface area contributed by atoms with E-state index in [0.29, 0.717) is 19.4 Å². The second-order valence-corrected chi connectivity index (χ2v) is 7.88. The van der Waals surface area contributed by atoms with Crippen molar-refractivity contribution in [1.82, 2.24) is 5.32 Å². The Morgan fingerprint density at radius 2 is 1.90 bits per heavy atom. The second kappa shape index (κ2) is 6.84. The predicted octanol–water partition coefficient (Wildman–Crippen LogP) is 2.63.